The van der Waals surface area contributed by atoms with Gasteiger partial charge in [-0.15, -0.1) is 0 Å². The Morgan fingerprint density at radius 2 is 2.41 bits per heavy atom. The van der Waals surface area contributed by atoms with Crippen LogP contribution >= 0.6 is 0 Å². The van der Waals surface area contributed by atoms with Crippen LogP contribution in [0.5, 0.6) is 0 Å². The molecule has 2 heterocycles. The Bertz CT molecular complexity index is 355. The summed E-state index contributed by atoms with van der Waals surface area (Å²) in [4.78, 5) is 6.40. The average molecular weight is 238 g/mol. The Morgan fingerprint density at radius 1 is 1.59 bits per heavy atom. The van der Waals surface area contributed by atoms with E-state index >= 15 is 0 Å². The van der Waals surface area contributed by atoms with E-state index in [4.69, 9.17) is 4.74 Å². The summed E-state index contributed by atoms with van der Waals surface area (Å²) in [6.07, 6.45) is 4.71. The maximum Gasteiger partial charge on any atom is 0.204 e. The van der Waals surface area contributed by atoms with Crippen molar-refractivity contribution in [3.63, 3.8) is 0 Å². The Labute approximate surface area is 103 Å². The summed E-state index contributed by atoms with van der Waals surface area (Å²) in [5, 5.41) is 3.43. The lowest BCUT2D eigenvalue weighted by molar-refractivity contribution is 0.110. The van der Waals surface area contributed by atoms with Crippen molar-refractivity contribution in [3.05, 3.63) is 11.9 Å². The second kappa shape index (κ2) is 5.51. The van der Waals surface area contributed by atoms with Crippen molar-refractivity contribution in [2.24, 2.45) is 7.05 Å². The van der Waals surface area contributed by atoms with Crippen LogP contribution in [0.2, 0.25) is 0 Å². The van der Waals surface area contributed by atoms with E-state index in [1.165, 1.54) is 18.5 Å². The molecule has 0 radical (unpaired) electrons. The van der Waals surface area contributed by atoms with Crippen molar-refractivity contribution < 1.29 is 4.74 Å². The van der Waals surface area contributed by atoms with Crippen molar-refractivity contribution in [1.29, 1.82) is 0 Å². The fourth-order valence-corrected chi connectivity index (χ4v) is 2.18. The predicted octanol–water partition coefficient (Wildman–Crippen LogP) is 0.755. The molecule has 1 aliphatic heterocycles. The van der Waals surface area contributed by atoms with Crippen LogP contribution in [0.25, 0.3) is 0 Å². The molecule has 0 aromatic carbocycles. The first-order valence-electron chi connectivity index (χ1n) is 6.18. The van der Waals surface area contributed by atoms with E-state index in [0.29, 0.717) is 6.10 Å². The Balaban J connectivity index is 1.82. The monoisotopic (exact) mass is 238 g/mol. The summed E-state index contributed by atoms with van der Waals surface area (Å²) in [6, 6.07) is 0. The number of nitrogens with zero attached hydrogens (tertiary/aromatic N) is 3. The van der Waals surface area contributed by atoms with E-state index in [9.17, 15) is 0 Å². The SMILES string of the molecule is CN(C)c1ncc(CNCC2CCCO2)n1C. The van der Waals surface area contributed by atoms with Gasteiger partial charge < -0.3 is 19.5 Å². The summed E-state index contributed by atoms with van der Waals surface area (Å²) in [5.41, 5.74) is 1.20. The Morgan fingerprint density at radius 3 is 3.00 bits per heavy atom. The van der Waals surface area contributed by atoms with Crippen molar-refractivity contribution in [1.82, 2.24) is 14.9 Å². The molecule has 96 valence electrons. The molecule has 5 heteroatoms. The van der Waals surface area contributed by atoms with Crippen LogP contribution in [0.3, 0.4) is 0 Å². The molecule has 1 N–H and O–H groups in total. The lowest BCUT2D eigenvalue weighted by atomic mass is 10.2. The first-order chi connectivity index (χ1) is 8.18. The highest BCUT2D eigenvalue weighted by molar-refractivity contribution is 5.30. The lowest BCUT2D eigenvalue weighted by Gasteiger charge is -2.14. The molecule has 0 bridgehead atoms. The smallest absolute Gasteiger partial charge is 0.204 e. The van der Waals surface area contributed by atoms with Crippen LogP contribution in [-0.4, -0.2) is 42.9 Å². The van der Waals surface area contributed by atoms with Crippen LogP contribution in [0.4, 0.5) is 5.95 Å². The normalized spacial score (nSPS) is 19.8. The summed E-state index contributed by atoms with van der Waals surface area (Å²) >= 11 is 0. The minimum absolute atomic E-state index is 0.400. The topological polar surface area (TPSA) is 42.3 Å². The van der Waals surface area contributed by atoms with Crippen molar-refractivity contribution >= 4 is 5.95 Å². The third-order valence-electron chi connectivity index (χ3n) is 3.16. The van der Waals surface area contributed by atoms with Crippen LogP contribution in [0.15, 0.2) is 6.20 Å². The van der Waals surface area contributed by atoms with Gasteiger partial charge in [-0.05, 0) is 12.8 Å². The van der Waals surface area contributed by atoms with Crippen LogP contribution in [0, 0.1) is 0 Å². The van der Waals surface area contributed by atoms with Crippen molar-refractivity contribution in [2.75, 3.05) is 32.1 Å². The molecule has 0 amide bonds. The second-order valence-corrected chi connectivity index (χ2v) is 4.77. The molecule has 1 aromatic rings. The van der Waals surface area contributed by atoms with Gasteiger partial charge in [0, 0.05) is 40.8 Å². The molecule has 5 nitrogen and oxygen atoms in total. The van der Waals surface area contributed by atoms with Gasteiger partial charge in [-0.2, -0.15) is 0 Å². The highest BCUT2D eigenvalue weighted by Gasteiger charge is 2.15. The number of rotatable bonds is 5. The lowest BCUT2D eigenvalue weighted by Crippen LogP contribution is -2.26. The van der Waals surface area contributed by atoms with Gasteiger partial charge in [0.25, 0.3) is 0 Å². The zero-order valence-electron chi connectivity index (χ0n) is 10.9. The number of nitrogens with one attached hydrogen (secondary N) is 1. The fourth-order valence-electron chi connectivity index (χ4n) is 2.18. The van der Waals surface area contributed by atoms with E-state index in [2.05, 4.69) is 14.9 Å². The van der Waals surface area contributed by atoms with E-state index in [0.717, 1.165) is 25.6 Å². The first-order valence-corrected chi connectivity index (χ1v) is 6.18. The molecule has 17 heavy (non-hydrogen) atoms. The van der Waals surface area contributed by atoms with Crippen LogP contribution in [0.1, 0.15) is 18.5 Å². The molecular formula is C12H22N4O. The predicted molar refractivity (Wildman–Crippen MR) is 68.2 cm³/mol. The molecule has 0 spiro atoms. The average Bonchev–Trinajstić information content (AvgIpc) is 2.89. The van der Waals surface area contributed by atoms with Gasteiger partial charge in [0.15, 0.2) is 0 Å². The molecule has 1 unspecified atom stereocenters. The number of aromatic nitrogens is 2. The number of anilines is 1. The Hall–Kier alpha value is -1.07. The van der Waals surface area contributed by atoms with E-state index in [1.54, 1.807) is 0 Å². The largest absolute Gasteiger partial charge is 0.377 e. The van der Waals surface area contributed by atoms with Gasteiger partial charge in [0.05, 0.1) is 18.0 Å². The molecule has 1 aliphatic rings. The third-order valence-corrected chi connectivity index (χ3v) is 3.16. The highest BCUT2D eigenvalue weighted by atomic mass is 16.5. The minimum atomic E-state index is 0.400. The zero-order valence-corrected chi connectivity index (χ0v) is 10.9. The molecule has 1 saturated heterocycles. The van der Waals surface area contributed by atoms with E-state index in [-0.39, 0.29) is 0 Å². The number of hydrogen-bond acceptors (Lipinski definition) is 4. The second-order valence-electron chi connectivity index (χ2n) is 4.77. The fraction of sp³-hybridized carbons (Fsp3) is 0.750. The molecule has 2 rings (SSSR count). The molecule has 1 fully saturated rings. The standard InChI is InChI=1S/C12H22N4O/c1-15(2)12-14-8-10(16(12)3)7-13-9-11-5-4-6-17-11/h8,11,13H,4-7,9H2,1-3H3. The van der Waals surface area contributed by atoms with Crippen molar-refractivity contribution in [3.8, 4) is 0 Å². The van der Waals surface area contributed by atoms with Crippen molar-refractivity contribution in [2.45, 2.75) is 25.5 Å². The van der Waals surface area contributed by atoms with Crippen LogP contribution < -0.4 is 10.2 Å². The summed E-state index contributed by atoms with van der Waals surface area (Å²) in [7, 11) is 6.06. The summed E-state index contributed by atoms with van der Waals surface area (Å²) in [6.45, 7) is 2.70. The van der Waals surface area contributed by atoms with Gasteiger partial charge in [0.1, 0.15) is 0 Å². The summed E-state index contributed by atoms with van der Waals surface area (Å²) < 4.78 is 7.68. The maximum absolute atomic E-state index is 5.57. The van der Waals surface area contributed by atoms with Gasteiger partial charge in [-0.25, -0.2) is 4.98 Å². The molecule has 1 aromatic heterocycles. The molecule has 0 aliphatic carbocycles. The molecular weight excluding hydrogens is 216 g/mol. The molecule has 0 saturated carbocycles. The number of ether oxygens (including phenoxy) is 1. The van der Waals surface area contributed by atoms with Gasteiger partial charge in [0.2, 0.25) is 5.95 Å². The summed E-state index contributed by atoms with van der Waals surface area (Å²) in [5.74, 6) is 0.985. The minimum Gasteiger partial charge on any atom is -0.377 e. The highest BCUT2D eigenvalue weighted by Crippen LogP contribution is 2.12. The third kappa shape index (κ3) is 2.98. The maximum atomic E-state index is 5.57. The van der Waals surface area contributed by atoms with Gasteiger partial charge >= 0.3 is 0 Å². The Kier molecular flexibility index (Phi) is 4.02. The van der Waals surface area contributed by atoms with E-state index < -0.39 is 0 Å². The van der Waals surface area contributed by atoms with E-state index in [1.807, 2.05) is 32.2 Å². The van der Waals surface area contributed by atoms with Crippen LogP contribution in [-0.2, 0) is 18.3 Å². The zero-order chi connectivity index (χ0) is 12.3. The van der Waals surface area contributed by atoms with Gasteiger partial charge in [-0.3, -0.25) is 0 Å². The number of imidazole rings is 1. The van der Waals surface area contributed by atoms with Gasteiger partial charge in [-0.1, -0.05) is 0 Å². The number of hydrogen-bond donors (Lipinski definition) is 1. The first kappa shape index (κ1) is 12.4. The quantitative estimate of drug-likeness (QED) is 0.822. The molecule has 1 atom stereocenters.